The fourth-order valence-electron chi connectivity index (χ4n) is 2.99. The van der Waals surface area contributed by atoms with Crippen LogP contribution in [0, 0.1) is 11.6 Å². The Kier molecular flexibility index (Phi) is 5.75. The van der Waals surface area contributed by atoms with E-state index < -0.39 is 11.6 Å². The van der Waals surface area contributed by atoms with Crippen molar-refractivity contribution >= 4 is 18.3 Å². The van der Waals surface area contributed by atoms with Gasteiger partial charge < -0.3 is 10.6 Å². The molecule has 0 spiro atoms. The number of benzene rings is 1. The van der Waals surface area contributed by atoms with Crippen LogP contribution in [0.2, 0.25) is 0 Å². The maximum absolute atomic E-state index is 14.0. The number of piperidine rings is 1. The molecule has 1 saturated heterocycles. The summed E-state index contributed by atoms with van der Waals surface area (Å²) in [6, 6.07) is 2.73. The molecule has 0 radical (unpaired) electrons. The molecule has 0 aromatic heterocycles. The summed E-state index contributed by atoms with van der Waals surface area (Å²) < 4.78 is 27.9. The van der Waals surface area contributed by atoms with Gasteiger partial charge in [-0.1, -0.05) is 0 Å². The Bertz CT molecular complexity index is 543. The smallest absolute Gasteiger partial charge is 0.251 e. The summed E-state index contributed by atoms with van der Waals surface area (Å²) in [6.07, 6.45) is 4.59. The van der Waals surface area contributed by atoms with E-state index in [-0.39, 0.29) is 35.8 Å². The van der Waals surface area contributed by atoms with Gasteiger partial charge in [-0.05, 0) is 68.8 Å². The van der Waals surface area contributed by atoms with Crippen LogP contribution in [0.4, 0.5) is 8.78 Å². The van der Waals surface area contributed by atoms with E-state index in [4.69, 9.17) is 0 Å². The second-order valence-corrected chi connectivity index (χ2v) is 5.99. The molecule has 1 aromatic carbocycles. The first-order valence-electron chi connectivity index (χ1n) is 7.65. The van der Waals surface area contributed by atoms with E-state index in [2.05, 4.69) is 10.6 Å². The topological polar surface area (TPSA) is 41.1 Å². The minimum absolute atomic E-state index is 0. The monoisotopic (exact) mass is 330 g/mol. The molecular weight excluding hydrogens is 310 g/mol. The normalized spacial score (nSPS) is 19.2. The summed E-state index contributed by atoms with van der Waals surface area (Å²) in [5.41, 5.74) is 0.574. The van der Waals surface area contributed by atoms with Gasteiger partial charge in [0.15, 0.2) is 11.6 Å². The van der Waals surface area contributed by atoms with Gasteiger partial charge in [0, 0.05) is 11.6 Å². The van der Waals surface area contributed by atoms with Crippen molar-refractivity contribution in [1.29, 1.82) is 0 Å². The van der Waals surface area contributed by atoms with E-state index >= 15 is 0 Å². The predicted octanol–water partition coefficient (Wildman–Crippen LogP) is 3.14. The summed E-state index contributed by atoms with van der Waals surface area (Å²) in [4.78, 5) is 12.1. The van der Waals surface area contributed by atoms with Gasteiger partial charge in [0.2, 0.25) is 0 Å². The van der Waals surface area contributed by atoms with Gasteiger partial charge in [0.1, 0.15) is 0 Å². The van der Waals surface area contributed by atoms with Crippen LogP contribution in [0.3, 0.4) is 0 Å². The number of hydrogen-bond donors (Lipinski definition) is 2. The van der Waals surface area contributed by atoms with Gasteiger partial charge in [-0.15, -0.1) is 12.4 Å². The van der Waals surface area contributed by atoms with Gasteiger partial charge in [-0.25, -0.2) is 8.78 Å². The van der Waals surface area contributed by atoms with Crippen molar-refractivity contribution in [3.05, 3.63) is 34.9 Å². The lowest BCUT2D eigenvalue weighted by molar-refractivity contribution is 0.0916. The summed E-state index contributed by atoms with van der Waals surface area (Å²) in [7, 11) is 0. The van der Waals surface area contributed by atoms with E-state index in [1.54, 1.807) is 0 Å². The van der Waals surface area contributed by atoms with Gasteiger partial charge >= 0.3 is 0 Å². The van der Waals surface area contributed by atoms with Crippen molar-refractivity contribution in [2.24, 2.45) is 0 Å². The first-order chi connectivity index (χ1) is 10.1. The van der Waals surface area contributed by atoms with Crippen LogP contribution in [0.15, 0.2) is 12.1 Å². The molecule has 1 heterocycles. The van der Waals surface area contributed by atoms with Crippen LogP contribution in [-0.4, -0.2) is 25.0 Å². The van der Waals surface area contributed by atoms with Crippen molar-refractivity contribution in [3.63, 3.8) is 0 Å². The number of rotatable bonds is 3. The molecule has 22 heavy (non-hydrogen) atoms. The molecule has 0 atom stereocenters. The van der Waals surface area contributed by atoms with E-state index in [9.17, 15) is 13.6 Å². The maximum Gasteiger partial charge on any atom is 0.251 e. The van der Waals surface area contributed by atoms with Crippen molar-refractivity contribution in [3.8, 4) is 0 Å². The Morgan fingerprint density at radius 2 is 1.82 bits per heavy atom. The van der Waals surface area contributed by atoms with Crippen LogP contribution in [-0.2, 0) is 0 Å². The second kappa shape index (κ2) is 7.38. The summed E-state index contributed by atoms with van der Waals surface area (Å²) in [6.45, 7) is 1.59. The first-order valence-corrected chi connectivity index (χ1v) is 7.65. The van der Waals surface area contributed by atoms with Crippen LogP contribution in [0.25, 0.3) is 0 Å². The largest absolute Gasteiger partial charge is 0.349 e. The van der Waals surface area contributed by atoms with E-state index in [0.29, 0.717) is 5.56 Å². The summed E-state index contributed by atoms with van der Waals surface area (Å²) in [5.74, 6) is -2.04. The fourth-order valence-corrected chi connectivity index (χ4v) is 2.99. The van der Waals surface area contributed by atoms with Crippen LogP contribution in [0.1, 0.15) is 53.9 Å². The molecule has 0 bridgehead atoms. The molecule has 6 heteroatoms. The Balaban J connectivity index is 0.00000176. The zero-order valence-corrected chi connectivity index (χ0v) is 13.1. The van der Waals surface area contributed by atoms with E-state index in [0.717, 1.165) is 51.3 Å². The third kappa shape index (κ3) is 3.58. The van der Waals surface area contributed by atoms with Crippen molar-refractivity contribution < 1.29 is 13.6 Å². The lowest BCUT2D eigenvalue weighted by atomic mass is 9.88. The molecule has 1 aromatic rings. The molecule has 3 nitrogen and oxygen atoms in total. The van der Waals surface area contributed by atoms with Crippen molar-refractivity contribution in [1.82, 2.24) is 10.6 Å². The SMILES string of the molecule is Cl.O=C(NC1CCC1)c1cc(F)c(F)c(C2CCNCC2)c1. The van der Waals surface area contributed by atoms with Gasteiger partial charge in [-0.3, -0.25) is 4.79 Å². The number of nitrogens with one attached hydrogen (secondary N) is 2. The zero-order valence-electron chi connectivity index (χ0n) is 12.3. The van der Waals surface area contributed by atoms with E-state index in [1.807, 2.05) is 0 Å². The maximum atomic E-state index is 14.0. The molecule has 1 aliphatic heterocycles. The minimum atomic E-state index is -0.926. The van der Waals surface area contributed by atoms with Crippen LogP contribution < -0.4 is 10.6 Å². The Hall–Kier alpha value is -1.20. The zero-order chi connectivity index (χ0) is 14.8. The van der Waals surface area contributed by atoms with Gasteiger partial charge in [0.05, 0.1) is 0 Å². The minimum Gasteiger partial charge on any atom is -0.349 e. The molecule has 3 rings (SSSR count). The lowest BCUT2D eigenvalue weighted by Crippen LogP contribution is -2.39. The molecular formula is C16H21ClF2N2O. The molecule has 2 N–H and O–H groups in total. The summed E-state index contributed by atoms with van der Waals surface area (Å²) in [5, 5.41) is 6.07. The Labute approximate surface area is 135 Å². The number of amides is 1. The highest BCUT2D eigenvalue weighted by atomic mass is 35.5. The van der Waals surface area contributed by atoms with E-state index in [1.165, 1.54) is 6.07 Å². The molecule has 1 saturated carbocycles. The Morgan fingerprint density at radius 1 is 1.14 bits per heavy atom. The second-order valence-electron chi connectivity index (χ2n) is 5.99. The molecule has 1 aliphatic carbocycles. The molecule has 2 aliphatic rings. The number of halogens is 3. The average Bonchev–Trinajstić information content (AvgIpc) is 2.46. The van der Waals surface area contributed by atoms with Gasteiger partial charge in [0.25, 0.3) is 5.91 Å². The third-order valence-electron chi connectivity index (χ3n) is 4.54. The lowest BCUT2D eigenvalue weighted by Gasteiger charge is -2.27. The standard InChI is InChI=1S/C16H20F2N2O.ClH/c17-14-9-11(16(21)20-12-2-1-3-12)8-13(15(14)18)10-4-6-19-7-5-10;/h8-10,12,19H,1-7H2,(H,20,21);1H. The Morgan fingerprint density at radius 3 is 2.41 bits per heavy atom. The van der Waals surface area contributed by atoms with Crippen molar-refractivity contribution in [2.45, 2.75) is 44.1 Å². The molecule has 0 unspecified atom stereocenters. The highest BCUT2D eigenvalue weighted by molar-refractivity contribution is 5.94. The van der Waals surface area contributed by atoms with Crippen LogP contribution >= 0.6 is 12.4 Å². The van der Waals surface area contributed by atoms with Gasteiger partial charge in [-0.2, -0.15) is 0 Å². The average molecular weight is 331 g/mol. The molecule has 122 valence electrons. The predicted molar refractivity (Wildman–Crippen MR) is 83.6 cm³/mol. The van der Waals surface area contributed by atoms with Crippen LogP contribution in [0.5, 0.6) is 0 Å². The third-order valence-corrected chi connectivity index (χ3v) is 4.54. The number of carbonyl (C=O) groups excluding carboxylic acids is 1. The summed E-state index contributed by atoms with van der Waals surface area (Å²) >= 11 is 0. The highest BCUT2D eigenvalue weighted by Crippen LogP contribution is 2.30. The highest BCUT2D eigenvalue weighted by Gasteiger charge is 2.25. The number of hydrogen-bond acceptors (Lipinski definition) is 2. The fraction of sp³-hybridized carbons (Fsp3) is 0.562. The van der Waals surface area contributed by atoms with Crippen molar-refractivity contribution in [2.75, 3.05) is 13.1 Å². The number of carbonyl (C=O) groups is 1. The molecule has 2 fully saturated rings. The quantitative estimate of drug-likeness (QED) is 0.894. The first kappa shape index (κ1) is 17.2. The molecule has 1 amide bonds.